The van der Waals surface area contributed by atoms with Crippen molar-refractivity contribution in [2.45, 2.75) is 38.5 Å². The van der Waals surface area contributed by atoms with Crippen LogP contribution in [0.5, 0.6) is 5.75 Å². The van der Waals surface area contributed by atoms with Crippen LogP contribution in [0, 0.1) is 6.92 Å². The summed E-state index contributed by atoms with van der Waals surface area (Å²) >= 11 is 0. The maximum atomic E-state index is 12.9. The minimum Gasteiger partial charge on any atom is -0.495 e. The van der Waals surface area contributed by atoms with Gasteiger partial charge in [-0.05, 0) is 38.0 Å². The van der Waals surface area contributed by atoms with E-state index in [1.807, 2.05) is 0 Å². The molecular weight excluding hydrogens is 321 g/mol. The molecule has 2 heterocycles. The topological polar surface area (TPSA) is 35.4 Å². The Bertz CT molecular complexity index is 719. The van der Waals surface area contributed by atoms with E-state index in [4.69, 9.17) is 9.47 Å². The molecule has 1 N–H and O–H groups in total. The minimum atomic E-state index is -4.26. The van der Waals surface area contributed by atoms with Gasteiger partial charge in [-0.1, -0.05) is 0 Å². The predicted molar refractivity (Wildman–Crippen MR) is 86.7 cm³/mol. The largest absolute Gasteiger partial charge is 0.495 e. The van der Waals surface area contributed by atoms with Crippen LogP contribution >= 0.6 is 0 Å². The summed E-state index contributed by atoms with van der Waals surface area (Å²) in [7, 11) is 1.57. The van der Waals surface area contributed by atoms with Crippen molar-refractivity contribution in [1.82, 2.24) is 4.57 Å². The van der Waals surface area contributed by atoms with Crippen LogP contribution in [0.2, 0.25) is 0 Å². The van der Waals surface area contributed by atoms with Gasteiger partial charge in [0.1, 0.15) is 12.3 Å². The second-order valence-corrected chi connectivity index (χ2v) is 6.09. The van der Waals surface area contributed by atoms with Gasteiger partial charge in [0.2, 0.25) is 0 Å². The first-order valence-corrected chi connectivity index (χ1v) is 7.97. The Balaban J connectivity index is 2.03. The third-order valence-corrected chi connectivity index (χ3v) is 4.38. The minimum absolute atomic E-state index is 0.226. The predicted octanol–water partition coefficient (Wildman–Crippen LogP) is 4.11. The normalized spacial score (nSPS) is 16.5. The Morgan fingerprint density at radius 3 is 2.62 bits per heavy atom. The Hall–Kier alpha value is -1.89. The molecule has 1 fully saturated rings. The third-order valence-electron chi connectivity index (χ3n) is 4.38. The molecule has 4 nitrogen and oxygen atoms in total. The van der Waals surface area contributed by atoms with Crippen molar-refractivity contribution in [3.63, 3.8) is 0 Å². The molecule has 0 saturated carbocycles. The third kappa shape index (κ3) is 3.45. The fraction of sp³-hybridized carbons (Fsp3) is 0.529. The van der Waals surface area contributed by atoms with Crippen LogP contribution in [0.1, 0.15) is 18.5 Å². The van der Waals surface area contributed by atoms with Gasteiger partial charge < -0.3 is 19.4 Å². The van der Waals surface area contributed by atoms with Gasteiger partial charge in [-0.15, -0.1) is 0 Å². The van der Waals surface area contributed by atoms with Crippen LogP contribution in [0.25, 0.3) is 10.9 Å². The van der Waals surface area contributed by atoms with Crippen LogP contribution in [0.3, 0.4) is 0 Å². The average molecular weight is 342 g/mol. The Labute approximate surface area is 138 Å². The zero-order chi connectivity index (χ0) is 17.3. The van der Waals surface area contributed by atoms with E-state index in [9.17, 15) is 13.2 Å². The zero-order valence-corrected chi connectivity index (χ0v) is 13.7. The SMILES string of the molecule is COc1ccc2c(cc(C)n2CC(F)(F)F)c1NC1CCOCC1. The lowest BCUT2D eigenvalue weighted by Gasteiger charge is -2.25. The van der Waals surface area contributed by atoms with E-state index in [1.54, 1.807) is 32.2 Å². The number of alkyl halides is 3. The first kappa shape index (κ1) is 17.0. The lowest BCUT2D eigenvalue weighted by molar-refractivity contribution is -0.140. The number of benzene rings is 1. The number of halogens is 3. The number of nitrogens with one attached hydrogen (secondary N) is 1. The quantitative estimate of drug-likeness (QED) is 0.908. The van der Waals surface area contributed by atoms with Crippen molar-refractivity contribution in [2.75, 3.05) is 25.6 Å². The molecule has 1 aromatic heterocycles. The van der Waals surface area contributed by atoms with Gasteiger partial charge in [-0.2, -0.15) is 13.2 Å². The summed E-state index contributed by atoms with van der Waals surface area (Å²) in [6.07, 6.45) is -2.53. The highest BCUT2D eigenvalue weighted by atomic mass is 19.4. The molecule has 1 aromatic carbocycles. The summed E-state index contributed by atoms with van der Waals surface area (Å²) in [5.41, 5.74) is 1.89. The van der Waals surface area contributed by atoms with Crippen LogP contribution in [0.15, 0.2) is 18.2 Å². The molecule has 0 radical (unpaired) electrons. The Morgan fingerprint density at radius 1 is 1.29 bits per heavy atom. The molecule has 132 valence electrons. The summed E-state index contributed by atoms with van der Waals surface area (Å²) in [5, 5.41) is 4.20. The summed E-state index contributed by atoms with van der Waals surface area (Å²) < 4.78 is 50.7. The monoisotopic (exact) mass is 342 g/mol. The van der Waals surface area contributed by atoms with Crippen LogP contribution in [-0.2, 0) is 11.3 Å². The molecule has 0 amide bonds. The fourth-order valence-electron chi connectivity index (χ4n) is 3.20. The van der Waals surface area contributed by atoms with Gasteiger partial charge in [0.05, 0.1) is 18.3 Å². The number of methoxy groups -OCH3 is 1. The maximum absolute atomic E-state index is 12.9. The van der Waals surface area contributed by atoms with Crippen molar-refractivity contribution < 1.29 is 22.6 Å². The van der Waals surface area contributed by atoms with E-state index in [-0.39, 0.29) is 6.04 Å². The Kier molecular flexibility index (Phi) is 4.62. The maximum Gasteiger partial charge on any atom is 0.406 e. The van der Waals surface area contributed by atoms with Crippen LogP contribution in [-0.4, -0.2) is 37.1 Å². The molecule has 2 aromatic rings. The molecule has 0 unspecified atom stereocenters. The van der Waals surface area contributed by atoms with E-state index in [2.05, 4.69) is 5.32 Å². The second kappa shape index (κ2) is 6.55. The van der Waals surface area contributed by atoms with Crippen molar-refractivity contribution >= 4 is 16.6 Å². The van der Waals surface area contributed by atoms with Crippen molar-refractivity contribution in [1.29, 1.82) is 0 Å². The molecule has 0 spiro atoms. The van der Waals surface area contributed by atoms with E-state index in [0.29, 0.717) is 30.2 Å². The smallest absolute Gasteiger partial charge is 0.406 e. The molecule has 7 heteroatoms. The lowest BCUT2D eigenvalue weighted by Crippen LogP contribution is -2.28. The number of anilines is 1. The molecular formula is C17H21F3N2O2. The fourth-order valence-corrected chi connectivity index (χ4v) is 3.20. The standard InChI is InChI=1S/C17H21F3N2O2/c1-11-9-13-14(22(11)10-17(18,19)20)3-4-15(23-2)16(13)21-12-5-7-24-8-6-12/h3-4,9,12,21H,5-8,10H2,1-2H3. The van der Waals surface area contributed by atoms with Gasteiger partial charge in [0, 0.05) is 30.3 Å². The lowest BCUT2D eigenvalue weighted by atomic mass is 10.1. The zero-order valence-electron chi connectivity index (χ0n) is 13.7. The van der Waals surface area contributed by atoms with Gasteiger partial charge in [0.25, 0.3) is 0 Å². The van der Waals surface area contributed by atoms with Crippen molar-refractivity contribution in [3.8, 4) is 5.75 Å². The van der Waals surface area contributed by atoms with E-state index in [1.165, 1.54) is 4.57 Å². The first-order valence-electron chi connectivity index (χ1n) is 7.97. The number of aromatic nitrogens is 1. The highest BCUT2D eigenvalue weighted by molar-refractivity contribution is 5.96. The molecule has 1 aliphatic rings. The number of nitrogens with zero attached hydrogens (tertiary/aromatic N) is 1. The number of hydrogen-bond acceptors (Lipinski definition) is 3. The van der Waals surface area contributed by atoms with Crippen LogP contribution < -0.4 is 10.1 Å². The molecule has 0 bridgehead atoms. The number of hydrogen-bond donors (Lipinski definition) is 1. The summed E-state index contributed by atoms with van der Waals surface area (Å²) in [6, 6.07) is 5.41. The van der Waals surface area contributed by atoms with Crippen molar-refractivity contribution in [2.24, 2.45) is 0 Å². The number of aryl methyl sites for hydroxylation is 1. The highest BCUT2D eigenvalue weighted by Gasteiger charge is 2.30. The molecule has 0 aliphatic carbocycles. The number of rotatable bonds is 4. The van der Waals surface area contributed by atoms with Gasteiger partial charge in [-0.25, -0.2) is 0 Å². The van der Waals surface area contributed by atoms with Crippen LogP contribution in [0.4, 0.5) is 18.9 Å². The molecule has 0 atom stereocenters. The summed E-state index contributed by atoms with van der Waals surface area (Å²) in [4.78, 5) is 0. The highest BCUT2D eigenvalue weighted by Crippen LogP contribution is 2.37. The second-order valence-electron chi connectivity index (χ2n) is 6.09. The van der Waals surface area contributed by atoms with E-state index in [0.717, 1.165) is 23.9 Å². The summed E-state index contributed by atoms with van der Waals surface area (Å²) in [5.74, 6) is 0.637. The van der Waals surface area contributed by atoms with Gasteiger partial charge in [-0.3, -0.25) is 0 Å². The molecule has 3 rings (SSSR count). The molecule has 24 heavy (non-hydrogen) atoms. The van der Waals surface area contributed by atoms with Gasteiger partial charge in [0.15, 0.2) is 0 Å². The van der Waals surface area contributed by atoms with E-state index >= 15 is 0 Å². The first-order chi connectivity index (χ1) is 11.4. The Morgan fingerprint density at radius 2 is 2.00 bits per heavy atom. The van der Waals surface area contributed by atoms with E-state index < -0.39 is 12.7 Å². The number of ether oxygens (including phenoxy) is 2. The molecule has 1 aliphatic heterocycles. The van der Waals surface area contributed by atoms with Crippen molar-refractivity contribution in [3.05, 3.63) is 23.9 Å². The summed E-state index contributed by atoms with van der Waals surface area (Å²) in [6.45, 7) is 2.07. The molecule has 1 saturated heterocycles. The van der Waals surface area contributed by atoms with Gasteiger partial charge >= 0.3 is 6.18 Å². The average Bonchev–Trinajstić information content (AvgIpc) is 2.84. The number of fused-ring (bicyclic) bond motifs is 1.